The van der Waals surface area contributed by atoms with Crippen LogP contribution in [0.2, 0.25) is 0 Å². The minimum atomic E-state index is -5.14. The maximum absolute atomic E-state index is 12.9. The number of halogens is 9. The van der Waals surface area contributed by atoms with Gasteiger partial charge in [-0.15, -0.1) is 0 Å². The number of alkyl halides is 9. The fourth-order valence-electron chi connectivity index (χ4n) is 2.03. The van der Waals surface area contributed by atoms with Gasteiger partial charge < -0.3 is 0 Å². The Morgan fingerprint density at radius 1 is 0.667 bits per heavy atom. The van der Waals surface area contributed by atoms with Gasteiger partial charge in [0.1, 0.15) is 0 Å². The van der Waals surface area contributed by atoms with Crippen molar-refractivity contribution in [2.75, 3.05) is 0 Å². The van der Waals surface area contributed by atoms with Crippen LogP contribution in [0.3, 0.4) is 0 Å². The molecule has 0 saturated heterocycles. The molecule has 0 aliphatic rings. The largest absolute Gasteiger partial charge is 0.417 e. The summed E-state index contributed by atoms with van der Waals surface area (Å²) in [5, 5.41) is 0. The molecule has 0 heterocycles. The molecule has 0 saturated carbocycles. The third kappa shape index (κ3) is 3.82. The lowest BCUT2D eigenvalue weighted by Crippen LogP contribution is -2.12. The number of hydrogen-bond acceptors (Lipinski definition) is 0. The second kappa shape index (κ2) is 5.71. The quantitative estimate of drug-likeness (QED) is 0.532. The third-order valence-electron chi connectivity index (χ3n) is 3.07. The fraction of sp³-hybridized carbons (Fsp3) is 0.200. The van der Waals surface area contributed by atoms with E-state index in [9.17, 15) is 39.5 Å². The van der Waals surface area contributed by atoms with Crippen LogP contribution in [0, 0.1) is 6.07 Å². The molecule has 24 heavy (non-hydrogen) atoms. The van der Waals surface area contributed by atoms with Gasteiger partial charge in [0.25, 0.3) is 0 Å². The molecule has 0 aromatic heterocycles. The number of hydrogen-bond donors (Lipinski definition) is 0. The monoisotopic (exact) mass is 357 g/mol. The Bertz CT molecular complexity index is 704. The molecule has 0 atom stereocenters. The molecule has 0 fully saturated rings. The Labute approximate surface area is 129 Å². The summed E-state index contributed by atoms with van der Waals surface area (Å²) in [7, 11) is 0. The van der Waals surface area contributed by atoms with Crippen LogP contribution in [-0.2, 0) is 18.5 Å². The molecule has 0 unspecified atom stereocenters. The van der Waals surface area contributed by atoms with Crippen molar-refractivity contribution >= 4 is 0 Å². The molecule has 9 heteroatoms. The Hall–Kier alpha value is -2.19. The highest BCUT2D eigenvalue weighted by atomic mass is 19.4. The lowest BCUT2D eigenvalue weighted by molar-refractivity contribution is -0.143. The molecular weight excluding hydrogens is 351 g/mol. The second-order valence-corrected chi connectivity index (χ2v) is 4.76. The molecular formula is C15H6F9. The maximum atomic E-state index is 12.9. The zero-order valence-electron chi connectivity index (χ0n) is 11.4. The van der Waals surface area contributed by atoms with E-state index in [1.807, 2.05) is 0 Å². The van der Waals surface area contributed by atoms with E-state index < -0.39 is 46.3 Å². The summed E-state index contributed by atoms with van der Waals surface area (Å²) in [6, 6.07) is 4.65. The van der Waals surface area contributed by atoms with Gasteiger partial charge in [0.2, 0.25) is 0 Å². The summed E-state index contributed by atoms with van der Waals surface area (Å²) in [5.74, 6) is 0. The highest BCUT2D eigenvalue weighted by Crippen LogP contribution is 2.42. The Morgan fingerprint density at radius 3 is 1.58 bits per heavy atom. The molecule has 0 aliphatic heterocycles. The van der Waals surface area contributed by atoms with Crippen molar-refractivity contribution in [2.45, 2.75) is 18.5 Å². The summed E-state index contributed by atoms with van der Waals surface area (Å²) in [4.78, 5) is 0. The van der Waals surface area contributed by atoms with Gasteiger partial charge in [0.15, 0.2) is 0 Å². The predicted molar refractivity (Wildman–Crippen MR) is 65.7 cm³/mol. The van der Waals surface area contributed by atoms with Gasteiger partial charge >= 0.3 is 18.5 Å². The summed E-state index contributed by atoms with van der Waals surface area (Å²) in [6.45, 7) is 0. The van der Waals surface area contributed by atoms with Crippen molar-refractivity contribution in [1.29, 1.82) is 0 Å². The van der Waals surface area contributed by atoms with Crippen molar-refractivity contribution in [3.63, 3.8) is 0 Å². The zero-order valence-corrected chi connectivity index (χ0v) is 11.4. The van der Waals surface area contributed by atoms with Gasteiger partial charge in [-0.2, -0.15) is 39.5 Å². The lowest BCUT2D eigenvalue weighted by atomic mass is 9.95. The minimum Gasteiger partial charge on any atom is -0.166 e. The third-order valence-corrected chi connectivity index (χ3v) is 3.07. The standard InChI is InChI=1S/C15H6F9/c16-13(17,18)9-5-8(6-10(7-9)14(19,20)21)11-3-1-2-4-12(11)15(22,23)24/h1,3-7H. The Morgan fingerprint density at radius 2 is 1.17 bits per heavy atom. The van der Waals surface area contributed by atoms with E-state index in [1.165, 1.54) is 0 Å². The van der Waals surface area contributed by atoms with Crippen molar-refractivity contribution in [3.05, 3.63) is 59.2 Å². The summed E-state index contributed by atoms with van der Waals surface area (Å²) in [6.07, 6.45) is -15.2. The van der Waals surface area contributed by atoms with E-state index in [1.54, 1.807) is 0 Å². The molecule has 0 nitrogen and oxygen atoms in total. The lowest BCUT2D eigenvalue weighted by Gasteiger charge is -2.17. The summed E-state index contributed by atoms with van der Waals surface area (Å²) in [5.41, 5.74) is -6.38. The Kier molecular flexibility index (Phi) is 4.32. The SMILES string of the molecule is FC(F)(F)c1cc(-c2cc[c]cc2C(F)(F)F)cc(C(F)(F)F)c1. The molecule has 0 aliphatic carbocycles. The molecule has 2 rings (SSSR count). The Balaban J connectivity index is 2.77. The van der Waals surface area contributed by atoms with E-state index in [-0.39, 0.29) is 18.2 Å². The maximum Gasteiger partial charge on any atom is 0.417 e. The second-order valence-electron chi connectivity index (χ2n) is 4.76. The van der Waals surface area contributed by atoms with Gasteiger partial charge in [0, 0.05) is 0 Å². The molecule has 2 aromatic carbocycles. The number of benzene rings is 2. The summed E-state index contributed by atoms with van der Waals surface area (Å²) >= 11 is 0. The first-order valence-electron chi connectivity index (χ1n) is 6.17. The van der Waals surface area contributed by atoms with E-state index in [2.05, 4.69) is 6.07 Å². The first kappa shape index (κ1) is 18.2. The first-order chi connectivity index (χ1) is 10.8. The average Bonchev–Trinajstić information content (AvgIpc) is 2.44. The fourth-order valence-corrected chi connectivity index (χ4v) is 2.03. The van der Waals surface area contributed by atoms with Crippen LogP contribution in [0.25, 0.3) is 11.1 Å². The van der Waals surface area contributed by atoms with Crippen LogP contribution in [0.4, 0.5) is 39.5 Å². The van der Waals surface area contributed by atoms with Gasteiger partial charge in [-0.3, -0.25) is 0 Å². The van der Waals surface area contributed by atoms with Crippen molar-refractivity contribution < 1.29 is 39.5 Å². The van der Waals surface area contributed by atoms with Crippen LogP contribution in [-0.4, -0.2) is 0 Å². The zero-order chi connectivity index (χ0) is 18.3. The minimum absolute atomic E-state index is 0.147. The first-order valence-corrected chi connectivity index (χ1v) is 6.17. The van der Waals surface area contributed by atoms with Gasteiger partial charge in [0.05, 0.1) is 16.7 Å². The van der Waals surface area contributed by atoms with Crippen LogP contribution >= 0.6 is 0 Å². The molecule has 1 radical (unpaired) electrons. The van der Waals surface area contributed by atoms with Crippen molar-refractivity contribution in [3.8, 4) is 11.1 Å². The molecule has 0 bridgehead atoms. The molecule has 129 valence electrons. The topological polar surface area (TPSA) is 0 Å². The summed E-state index contributed by atoms with van der Waals surface area (Å²) < 4.78 is 116. The molecule has 2 aromatic rings. The predicted octanol–water partition coefficient (Wildman–Crippen LogP) is 6.21. The molecule has 0 N–H and O–H groups in total. The number of rotatable bonds is 1. The smallest absolute Gasteiger partial charge is 0.166 e. The van der Waals surface area contributed by atoms with Crippen LogP contribution in [0.1, 0.15) is 16.7 Å². The van der Waals surface area contributed by atoms with E-state index >= 15 is 0 Å². The average molecular weight is 357 g/mol. The van der Waals surface area contributed by atoms with Gasteiger partial charge in [-0.05, 0) is 41.5 Å². The molecule has 0 amide bonds. The van der Waals surface area contributed by atoms with Crippen LogP contribution in [0.15, 0.2) is 36.4 Å². The van der Waals surface area contributed by atoms with Gasteiger partial charge in [-0.25, -0.2) is 0 Å². The van der Waals surface area contributed by atoms with Gasteiger partial charge in [-0.1, -0.05) is 12.1 Å². The van der Waals surface area contributed by atoms with Crippen molar-refractivity contribution in [1.82, 2.24) is 0 Å². The molecule has 0 spiro atoms. The highest BCUT2D eigenvalue weighted by Gasteiger charge is 2.38. The highest BCUT2D eigenvalue weighted by molar-refractivity contribution is 5.69. The van der Waals surface area contributed by atoms with E-state index in [4.69, 9.17) is 0 Å². The normalized spacial score (nSPS) is 13.2. The van der Waals surface area contributed by atoms with E-state index in [0.717, 1.165) is 12.1 Å². The van der Waals surface area contributed by atoms with Crippen LogP contribution < -0.4 is 0 Å². The van der Waals surface area contributed by atoms with E-state index in [0.29, 0.717) is 6.07 Å². The van der Waals surface area contributed by atoms with Crippen LogP contribution in [0.5, 0.6) is 0 Å². The van der Waals surface area contributed by atoms with Crippen molar-refractivity contribution in [2.24, 2.45) is 0 Å².